The SMILES string of the molecule is Fc1ccc2sc(CNCC3CC3)cc2c1. The van der Waals surface area contributed by atoms with Gasteiger partial charge in [0, 0.05) is 16.1 Å². The number of rotatable bonds is 4. The van der Waals surface area contributed by atoms with Crippen molar-refractivity contribution in [1.29, 1.82) is 0 Å². The minimum atomic E-state index is -0.150. The van der Waals surface area contributed by atoms with E-state index in [1.807, 2.05) is 6.07 Å². The van der Waals surface area contributed by atoms with Gasteiger partial charge in [-0.1, -0.05) is 0 Å². The first-order chi connectivity index (χ1) is 7.81. The number of thiophene rings is 1. The molecule has 0 atom stereocenters. The molecule has 84 valence electrons. The molecule has 0 amide bonds. The average Bonchev–Trinajstić information content (AvgIpc) is 2.98. The Bertz CT molecular complexity index is 502. The van der Waals surface area contributed by atoms with E-state index in [0.717, 1.165) is 24.4 Å². The van der Waals surface area contributed by atoms with Crippen LogP contribution in [0, 0.1) is 11.7 Å². The molecule has 0 radical (unpaired) electrons. The highest BCUT2D eigenvalue weighted by Gasteiger charge is 2.20. The van der Waals surface area contributed by atoms with Crippen LogP contribution in [-0.4, -0.2) is 6.54 Å². The number of nitrogens with one attached hydrogen (secondary N) is 1. The van der Waals surface area contributed by atoms with Gasteiger partial charge in [-0.15, -0.1) is 11.3 Å². The predicted molar refractivity (Wildman–Crippen MR) is 66.2 cm³/mol. The van der Waals surface area contributed by atoms with Crippen LogP contribution in [0.4, 0.5) is 4.39 Å². The van der Waals surface area contributed by atoms with Crippen molar-refractivity contribution in [1.82, 2.24) is 5.32 Å². The molecule has 1 aromatic heterocycles. The van der Waals surface area contributed by atoms with Gasteiger partial charge >= 0.3 is 0 Å². The summed E-state index contributed by atoms with van der Waals surface area (Å²) in [6.45, 7) is 2.04. The van der Waals surface area contributed by atoms with Crippen LogP contribution < -0.4 is 5.32 Å². The van der Waals surface area contributed by atoms with Gasteiger partial charge in [-0.2, -0.15) is 0 Å². The second-order valence-electron chi connectivity index (χ2n) is 4.47. The quantitative estimate of drug-likeness (QED) is 0.854. The number of halogens is 1. The van der Waals surface area contributed by atoms with Crippen LogP contribution in [-0.2, 0) is 6.54 Å². The summed E-state index contributed by atoms with van der Waals surface area (Å²) in [5.74, 6) is 0.759. The van der Waals surface area contributed by atoms with E-state index in [1.165, 1.54) is 28.5 Å². The lowest BCUT2D eigenvalue weighted by Crippen LogP contribution is -2.15. The highest BCUT2D eigenvalue weighted by molar-refractivity contribution is 7.19. The molecule has 0 saturated heterocycles. The third kappa shape index (κ3) is 2.25. The second-order valence-corrected chi connectivity index (χ2v) is 5.64. The summed E-state index contributed by atoms with van der Waals surface area (Å²) in [4.78, 5) is 1.29. The number of hydrogen-bond acceptors (Lipinski definition) is 2. The van der Waals surface area contributed by atoms with E-state index in [2.05, 4.69) is 11.4 Å². The Balaban J connectivity index is 1.71. The van der Waals surface area contributed by atoms with Crippen LogP contribution in [0.3, 0.4) is 0 Å². The summed E-state index contributed by atoms with van der Waals surface area (Å²) in [5, 5.41) is 4.48. The van der Waals surface area contributed by atoms with E-state index in [-0.39, 0.29) is 5.82 Å². The van der Waals surface area contributed by atoms with Crippen LogP contribution in [0.25, 0.3) is 10.1 Å². The van der Waals surface area contributed by atoms with Crippen molar-refractivity contribution in [2.24, 2.45) is 5.92 Å². The molecule has 1 aliphatic rings. The van der Waals surface area contributed by atoms with E-state index in [4.69, 9.17) is 0 Å². The van der Waals surface area contributed by atoms with Crippen LogP contribution >= 0.6 is 11.3 Å². The molecule has 16 heavy (non-hydrogen) atoms. The average molecular weight is 235 g/mol. The van der Waals surface area contributed by atoms with Crippen molar-refractivity contribution in [2.45, 2.75) is 19.4 Å². The first-order valence-corrected chi connectivity index (χ1v) is 6.51. The lowest BCUT2D eigenvalue weighted by Gasteiger charge is -1.99. The first-order valence-electron chi connectivity index (χ1n) is 5.70. The van der Waals surface area contributed by atoms with Crippen molar-refractivity contribution in [3.8, 4) is 0 Å². The topological polar surface area (TPSA) is 12.0 Å². The van der Waals surface area contributed by atoms with Crippen LogP contribution in [0.15, 0.2) is 24.3 Å². The van der Waals surface area contributed by atoms with Gasteiger partial charge in [-0.25, -0.2) is 4.39 Å². The van der Waals surface area contributed by atoms with Gasteiger partial charge in [-0.05, 0) is 55.0 Å². The van der Waals surface area contributed by atoms with Crippen molar-refractivity contribution in [3.63, 3.8) is 0 Å². The third-order valence-electron chi connectivity index (χ3n) is 2.96. The van der Waals surface area contributed by atoms with Gasteiger partial charge in [0.1, 0.15) is 5.82 Å². The Morgan fingerprint density at radius 3 is 3.00 bits per heavy atom. The molecule has 1 fully saturated rings. The molecule has 1 heterocycles. The van der Waals surface area contributed by atoms with Crippen LogP contribution in [0.2, 0.25) is 0 Å². The Labute approximate surface area is 98.3 Å². The minimum Gasteiger partial charge on any atom is -0.312 e. The standard InChI is InChI=1S/C13H14FNS/c14-11-3-4-13-10(5-11)6-12(16-13)8-15-7-9-1-2-9/h3-6,9,15H,1-2,7-8H2. The molecule has 0 aliphatic heterocycles. The summed E-state index contributed by atoms with van der Waals surface area (Å²) in [6, 6.07) is 7.08. The Kier molecular flexibility index (Phi) is 2.65. The van der Waals surface area contributed by atoms with Crippen molar-refractivity contribution < 1.29 is 4.39 Å². The van der Waals surface area contributed by atoms with E-state index < -0.39 is 0 Å². The Morgan fingerprint density at radius 2 is 2.19 bits per heavy atom. The van der Waals surface area contributed by atoms with Gasteiger partial charge in [0.2, 0.25) is 0 Å². The molecule has 3 heteroatoms. The molecule has 3 rings (SSSR count). The van der Waals surface area contributed by atoms with E-state index in [0.29, 0.717) is 0 Å². The van der Waals surface area contributed by atoms with Crippen molar-refractivity contribution in [2.75, 3.05) is 6.54 Å². The van der Waals surface area contributed by atoms with Crippen LogP contribution in [0.1, 0.15) is 17.7 Å². The van der Waals surface area contributed by atoms with Gasteiger partial charge in [-0.3, -0.25) is 0 Å². The van der Waals surface area contributed by atoms with E-state index in [9.17, 15) is 4.39 Å². The molecule has 1 N–H and O–H groups in total. The van der Waals surface area contributed by atoms with E-state index in [1.54, 1.807) is 17.4 Å². The molecule has 2 aromatic rings. The van der Waals surface area contributed by atoms with Gasteiger partial charge in [0.05, 0.1) is 0 Å². The lowest BCUT2D eigenvalue weighted by molar-refractivity contribution is 0.630. The van der Waals surface area contributed by atoms with E-state index >= 15 is 0 Å². The lowest BCUT2D eigenvalue weighted by atomic mass is 10.2. The highest BCUT2D eigenvalue weighted by Crippen LogP contribution is 2.29. The number of hydrogen-bond donors (Lipinski definition) is 1. The summed E-state index contributed by atoms with van der Waals surface area (Å²) < 4.78 is 14.2. The monoisotopic (exact) mass is 235 g/mol. The zero-order valence-corrected chi connectivity index (χ0v) is 9.82. The summed E-state index contributed by atoms with van der Waals surface area (Å²) in [7, 11) is 0. The van der Waals surface area contributed by atoms with Gasteiger partial charge in [0.25, 0.3) is 0 Å². The maximum Gasteiger partial charge on any atom is 0.123 e. The normalized spacial score (nSPS) is 15.8. The third-order valence-corrected chi connectivity index (χ3v) is 4.07. The molecule has 1 saturated carbocycles. The zero-order chi connectivity index (χ0) is 11.0. The summed E-state index contributed by atoms with van der Waals surface area (Å²) >= 11 is 1.75. The smallest absolute Gasteiger partial charge is 0.123 e. The number of benzene rings is 1. The molecule has 0 unspecified atom stereocenters. The minimum absolute atomic E-state index is 0.150. The predicted octanol–water partition coefficient (Wildman–Crippen LogP) is 3.54. The summed E-state index contributed by atoms with van der Waals surface area (Å²) in [5.41, 5.74) is 0. The van der Waals surface area contributed by atoms with Gasteiger partial charge < -0.3 is 5.32 Å². The fourth-order valence-electron chi connectivity index (χ4n) is 1.88. The molecular formula is C13H14FNS. The Morgan fingerprint density at radius 1 is 1.31 bits per heavy atom. The van der Waals surface area contributed by atoms with Crippen molar-refractivity contribution in [3.05, 3.63) is 35.0 Å². The summed E-state index contributed by atoms with van der Waals surface area (Å²) in [6.07, 6.45) is 2.76. The molecule has 1 aromatic carbocycles. The molecule has 0 bridgehead atoms. The second kappa shape index (κ2) is 4.15. The fraction of sp³-hybridized carbons (Fsp3) is 0.385. The molecule has 1 aliphatic carbocycles. The first kappa shape index (κ1) is 10.2. The van der Waals surface area contributed by atoms with Crippen molar-refractivity contribution >= 4 is 21.4 Å². The number of fused-ring (bicyclic) bond motifs is 1. The highest BCUT2D eigenvalue weighted by atomic mass is 32.1. The maximum absolute atomic E-state index is 13.0. The fourth-order valence-corrected chi connectivity index (χ4v) is 2.89. The maximum atomic E-state index is 13.0. The molecular weight excluding hydrogens is 221 g/mol. The van der Waals surface area contributed by atoms with Crippen LogP contribution in [0.5, 0.6) is 0 Å². The Hall–Kier alpha value is -0.930. The molecule has 0 spiro atoms. The van der Waals surface area contributed by atoms with Gasteiger partial charge in [0.15, 0.2) is 0 Å². The largest absolute Gasteiger partial charge is 0.312 e. The molecule has 1 nitrogen and oxygen atoms in total. The zero-order valence-electron chi connectivity index (χ0n) is 9.00.